The summed E-state index contributed by atoms with van der Waals surface area (Å²) >= 11 is 0. The second-order valence-electron chi connectivity index (χ2n) is 5.04. The van der Waals surface area contributed by atoms with Crippen molar-refractivity contribution in [3.05, 3.63) is 58.0 Å². The zero-order valence-electron chi connectivity index (χ0n) is 12.1. The van der Waals surface area contributed by atoms with Gasteiger partial charge in [-0.25, -0.2) is 14.8 Å². The summed E-state index contributed by atoms with van der Waals surface area (Å²) in [6.07, 6.45) is 3.70. The summed E-state index contributed by atoms with van der Waals surface area (Å²) in [4.78, 5) is 33.3. The molecule has 0 aliphatic carbocycles. The minimum absolute atomic E-state index is 0.199. The first-order valence-electron chi connectivity index (χ1n) is 6.85. The number of amides is 1. The van der Waals surface area contributed by atoms with Gasteiger partial charge >= 0.3 is 5.69 Å². The lowest BCUT2D eigenvalue weighted by atomic mass is 10.1. The average molecular weight is 286 g/mol. The summed E-state index contributed by atoms with van der Waals surface area (Å²) in [6, 6.07) is 5.44. The van der Waals surface area contributed by atoms with Gasteiger partial charge in [0, 0.05) is 24.6 Å². The smallest absolute Gasteiger partial charge is 0.344 e. The molecule has 0 aliphatic rings. The molecule has 2 heterocycles. The van der Waals surface area contributed by atoms with Crippen LogP contribution in [-0.4, -0.2) is 27.4 Å². The van der Waals surface area contributed by atoms with Gasteiger partial charge in [0.05, 0.1) is 0 Å². The molecule has 1 amide bonds. The molecule has 2 aromatic heterocycles. The lowest BCUT2D eigenvalue weighted by molar-refractivity contribution is 0.0949. The maximum atomic E-state index is 12.0. The van der Waals surface area contributed by atoms with E-state index in [9.17, 15) is 9.59 Å². The Bertz CT molecular complexity index is 659. The lowest BCUT2D eigenvalue weighted by Crippen LogP contribution is -2.27. The van der Waals surface area contributed by atoms with Crippen LogP contribution in [0, 0.1) is 0 Å². The van der Waals surface area contributed by atoms with E-state index in [-0.39, 0.29) is 17.5 Å². The molecule has 0 atom stereocenters. The van der Waals surface area contributed by atoms with Crippen molar-refractivity contribution in [3.8, 4) is 0 Å². The second kappa shape index (κ2) is 6.78. The molecule has 0 aliphatic heterocycles. The Hall–Kier alpha value is -2.50. The molecule has 0 unspecified atom stereocenters. The van der Waals surface area contributed by atoms with Gasteiger partial charge in [-0.1, -0.05) is 19.9 Å². The summed E-state index contributed by atoms with van der Waals surface area (Å²) < 4.78 is 0. The predicted molar refractivity (Wildman–Crippen MR) is 79.2 cm³/mol. The maximum absolute atomic E-state index is 12.0. The Morgan fingerprint density at radius 2 is 2.19 bits per heavy atom. The van der Waals surface area contributed by atoms with Crippen molar-refractivity contribution in [1.82, 2.24) is 20.3 Å². The maximum Gasteiger partial charge on any atom is 0.344 e. The van der Waals surface area contributed by atoms with Crippen molar-refractivity contribution in [1.29, 1.82) is 0 Å². The molecule has 6 nitrogen and oxygen atoms in total. The zero-order valence-corrected chi connectivity index (χ0v) is 12.1. The largest absolute Gasteiger partial charge is 0.350 e. The Morgan fingerprint density at radius 3 is 2.86 bits per heavy atom. The summed E-state index contributed by atoms with van der Waals surface area (Å²) in [6.45, 7) is 4.53. The molecular weight excluding hydrogens is 268 g/mol. The molecular formula is C15H18N4O2. The number of carbonyl (C=O) groups is 1. The summed E-state index contributed by atoms with van der Waals surface area (Å²) in [5, 5.41) is 2.81. The van der Waals surface area contributed by atoms with E-state index in [1.807, 2.05) is 26.0 Å². The first-order chi connectivity index (χ1) is 10.1. The molecule has 0 spiro atoms. The fourth-order valence-corrected chi connectivity index (χ4v) is 1.82. The molecule has 0 aromatic carbocycles. The van der Waals surface area contributed by atoms with Crippen LogP contribution < -0.4 is 11.0 Å². The Kier molecular flexibility index (Phi) is 4.81. The molecule has 21 heavy (non-hydrogen) atoms. The highest BCUT2D eigenvalue weighted by atomic mass is 16.2. The van der Waals surface area contributed by atoms with E-state index in [2.05, 4.69) is 20.3 Å². The Morgan fingerprint density at radius 1 is 1.38 bits per heavy atom. The van der Waals surface area contributed by atoms with E-state index in [0.29, 0.717) is 18.7 Å². The van der Waals surface area contributed by atoms with Crippen LogP contribution in [0.2, 0.25) is 0 Å². The van der Waals surface area contributed by atoms with Crippen molar-refractivity contribution >= 4 is 5.91 Å². The molecule has 0 bridgehead atoms. The van der Waals surface area contributed by atoms with Crippen LogP contribution >= 0.6 is 0 Å². The highest BCUT2D eigenvalue weighted by Gasteiger charge is 2.09. The molecule has 0 radical (unpaired) electrons. The number of rotatable bonds is 5. The van der Waals surface area contributed by atoms with Crippen LogP contribution in [0.1, 0.15) is 41.5 Å². The lowest BCUT2D eigenvalue weighted by Gasteiger charge is -2.08. The monoisotopic (exact) mass is 286 g/mol. The van der Waals surface area contributed by atoms with Crippen molar-refractivity contribution in [3.63, 3.8) is 0 Å². The Balaban J connectivity index is 1.91. The predicted octanol–water partition coefficient (Wildman–Crippen LogP) is 1.26. The molecule has 0 fully saturated rings. The highest BCUT2D eigenvalue weighted by molar-refractivity contribution is 5.92. The van der Waals surface area contributed by atoms with Gasteiger partial charge in [0.15, 0.2) is 0 Å². The fraction of sp³-hybridized carbons (Fsp3) is 0.333. The molecule has 2 aromatic rings. The van der Waals surface area contributed by atoms with Crippen molar-refractivity contribution in [2.45, 2.75) is 26.2 Å². The van der Waals surface area contributed by atoms with Gasteiger partial charge in [-0.3, -0.25) is 4.79 Å². The van der Waals surface area contributed by atoms with Gasteiger partial charge in [0.2, 0.25) is 0 Å². The third-order valence-corrected chi connectivity index (χ3v) is 3.02. The third kappa shape index (κ3) is 4.24. The van der Waals surface area contributed by atoms with Gasteiger partial charge in [0.1, 0.15) is 5.69 Å². The van der Waals surface area contributed by atoms with Crippen LogP contribution in [0.5, 0.6) is 0 Å². The van der Waals surface area contributed by atoms with Crippen LogP contribution in [0.15, 0.2) is 35.4 Å². The number of hydrogen-bond acceptors (Lipinski definition) is 4. The standard InChI is InChI=1S/C15H18N4O2/c1-10(2)12-4-3-5-13(19-12)14(20)16-7-6-11-8-17-15(21)18-9-11/h3-5,8-10H,6-7H2,1-2H3,(H,16,20)(H,17,18,21). The highest BCUT2D eigenvalue weighted by Crippen LogP contribution is 2.11. The quantitative estimate of drug-likeness (QED) is 0.866. The molecule has 110 valence electrons. The fourth-order valence-electron chi connectivity index (χ4n) is 1.82. The zero-order chi connectivity index (χ0) is 15.2. The van der Waals surface area contributed by atoms with Gasteiger partial charge < -0.3 is 10.3 Å². The summed E-state index contributed by atoms with van der Waals surface area (Å²) in [5.41, 5.74) is 1.80. The van der Waals surface area contributed by atoms with Gasteiger partial charge in [-0.05, 0) is 30.0 Å². The van der Waals surface area contributed by atoms with E-state index in [1.165, 1.54) is 6.20 Å². The molecule has 2 rings (SSSR count). The number of H-pyrrole nitrogens is 1. The average Bonchev–Trinajstić information content (AvgIpc) is 2.49. The van der Waals surface area contributed by atoms with Crippen LogP contribution in [0.3, 0.4) is 0 Å². The van der Waals surface area contributed by atoms with E-state index < -0.39 is 0 Å². The number of carbonyl (C=O) groups excluding carboxylic acids is 1. The normalized spacial score (nSPS) is 10.6. The van der Waals surface area contributed by atoms with Crippen LogP contribution in [-0.2, 0) is 6.42 Å². The van der Waals surface area contributed by atoms with Crippen LogP contribution in [0.4, 0.5) is 0 Å². The third-order valence-electron chi connectivity index (χ3n) is 3.02. The molecule has 0 saturated heterocycles. The van der Waals surface area contributed by atoms with Gasteiger partial charge in [0.25, 0.3) is 5.91 Å². The number of aromatic amines is 1. The number of hydrogen-bond donors (Lipinski definition) is 2. The van der Waals surface area contributed by atoms with Gasteiger partial charge in [-0.15, -0.1) is 0 Å². The minimum Gasteiger partial charge on any atom is -0.350 e. The van der Waals surface area contributed by atoms with Crippen molar-refractivity contribution < 1.29 is 4.79 Å². The number of nitrogens with zero attached hydrogens (tertiary/aromatic N) is 2. The molecule has 6 heteroatoms. The van der Waals surface area contributed by atoms with E-state index >= 15 is 0 Å². The first-order valence-corrected chi connectivity index (χ1v) is 6.85. The van der Waals surface area contributed by atoms with Crippen LogP contribution in [0.25, 0.3) is 0 Å². The molecule has 0 saturated carbocycles. The summed E-state index contributed by atoms with van der Waals surface area (Å²) in [7, 11) is 0. The van der Waals surface area contributed by atoms with Gasteiger partial charge in [-0.2, -0.15) is 0 Å². The first kappa shape index (κ1) is 14.9. The SMILES string of the molecule is CC(C)c1cccc(C(=O)NCCc2cnc(=O)[nH]c2)n1. The van der Waals surface area contributed by atoms with Crippen molar-refractivity contribution in [2.75, 3.05) is 6.54 Å². The topological polar surface area (TPSA) is 87.7 Å². The van der Waals surface area contributed by atoms with E-state index in [0.717, 1.165) is 11.3 Å². The second-order valence-corrected chi connectivity index (χ2v) is 5.04. The number of aromatic nitrogens is 3. The van der Waals surface area contributed by atoms with E-state index in [4.69, 9.17) is 0 Å². The molecule has 2 N–H and O–H groups in total. The summed E-state index contributed by atoms with van der Waals surface area (Å²) in [5.74, 6) is 0.0832. The number of nitrogens with one attached hydrogen (secondary N) is 2. The minimum atomic E-state index is -0.377. The van der Waals surface area contributed by atoms with Crippen molar-refractivity contribution in [2.24, 2.45) is 0 Å². The Labute approximate surface area is 122 Å². The van der Waals surface area contributed by atoms with E-state index in [1.54, 1.807) is 12.3 Å². The number of pyridine rings is 1.